The summed E-state index contributed by atoms with van der Waals surface area (Å²) in [6.07, 6.45) is 0. The normalized spacial score (nSPS) is 10.2. The van der Waals surface area contributed by atoms with Crippen molar-refractivity contribution in [2.24, 2.45) is 0 Å². The van der Waals surface area contributed by atoms with Gasteiger partial charge in [0.2, 0.25) is 0 Å². The third kappa shape index (κ3) is 3.28. The number of methoxy groups -OCH3 is 1. The van der Waals surface area contributed by atoms with Gasteiger partial charge in [-0.15, -0.1) is 0 Å². The SMILES string of the molecule is COc1ccc(COc2cccc(F)c2C(=O)O)cc1F. The summed E-state index contributed by atoms with van der Waals surface area (Å²) in [6.45, 7) is -0.0926. The van der Waals surface area contributed by atoms with Gasteiger partial charge in [0, 0.05) is 0 Å². The first-order chi connectivity index (χ1) is 10.0. The summed E-state index contributed by atoms with van der Waals surface area (Å²) in [6, 6.07) is 7.92. The predicted molar refractivity (Wildman–Crippen MR) is 70.6 cm³/mol. The van der Waals surface area contributed by atoms with Crippen LogP contribution in [0.3, 0.4) is 0 Å². The van der Waals surface area contributed by atoms with Crippen LogP contribution in [0, 0.1) is 11.6 Å². The monoisotopic (exact) mass is 294 g/mol. The van der Waals surface area contributed by atoms with Crippen LogP contribution in [-0.4, -0.2) is 18.2 Å². The van der Waals surface area contributed by atoms with Gasteiger partial charge in [-0.1, -0.05) is 12.1 Å². The Kier molecular flexibility index (Phi) is 4.37. The Morgan fingerprint density at radius 2 is 1.90 bits per heavy atom. The Morgan fingerprint density at radius 3 is 2.52 bits per heavy atom. The zero-order valence-electron chi connectivity index (χ0n) is 11.1. The molecule has 2 aromatic rings. The van der Waals surface area contributed by atoms with Crippen LogP contribution in [-0.2, 0) is 6.61 Å². The molecule has 2 aromatic carbocycles. The number of aromatic carboxylic acids is 1. The standard InChI is InChI=1S/C15H12F2O4/c1-20-12-6-5-9(7-11(12)17)8-21-13-4-2-3-10(16)14(13)15(18)19/h2-7H,8H2,1H3,(H,18,19). The maximum Gasteiger partial charge on any atom is 0.342 e. The van der Waals surface area contributed by atoms with Crippen molar-refractivity contribution in [3.8, 4) is 11.5 Å². The highest BCUT2D eigenvalue weighted by atomic mass is 19.1. The zero-order chi connectivity index (χ0) is 15.4. The largest absolute Gasteiger partial charge is 0.494 e. The fraction of sp³-hybridized carbons (Fsp3) is 0.133. The van der Waals surface area contributed by atoms with Crippen molar-refractivity contribution < 1.29 is 28.2 Å². The summed E-state index contributed by atoms with van der Waals surface area (Å²) in [5, 5.41) is 8.96. The lowest BCUT2D eigenvalue weighted by molar-refractivity contribution is 0.0686. The topological polar surface area (TPSA) is 55.8 Å². The van der Waals surface area contributed by atoms with Gasteiger partial charge in [0.1, 0.15) is 23.7 Å². The summed E-state index contributed by atoms with van der Waals surface area (Å²) in [5.41, 5.74) is -0.0830. The van der Waals surface area contributed by atoms with Crippen molar-refractivity contribution in [3.05, 3.63) is 59.2 Å². The maximum absolute atomic E-state index is 13.5. The van der Waals surface area contributed by atoms with Crippen molar-refractivity contribution in [2.45, 2.75) is 6.61 Å². The van der Waals surface area contributed by atoms with Crippen LogP contribution in [0.2, 0.25) is 0 Å². The van der Waals surface area contributed by atoms with E-state index in [0.29, 0.717) is 5.56 Å². The second kappa shape index (κ2) is 6.21. The molecule has 0 radical (unpaired) electrons. The number of ether oxygens (including phenoxy) is 2. The van der Waals surface area contributed by atoms with E-state index in [2.05, 4.69) is 0 Å². The van der Waals surface area contributed by atoms with Crippen molar-refractivity contribution in [1.29, 1.82) is 0 Å². The lowest BCUT2D eigenvalue weighted by Crippen LogP contribution is -2.06. The summed E-state index contributed by atoms with van der Waals surface area (Å²) < 4.78 is 37.0. The second-order valence-electron chi connectivity index (χ2n) is 4.18. The molecule has 0 aliphatic carbocycles. The Bertz CT molecular complexity index is 671. The van der Waals surface area contributed by atoms with Gasteiger partial charge in [-0.25, -0.2) is 13.6 Å². The van der Waals surface area contributed by atoms with Gasteiger partial charge in [0.05, 0.1) is 7.11 Å². The van der Waals surface area contributed by atoms with E-state index in [1.165, 1.54) is 31.4 Å². The highest BCUT2D eigenvalue weighted by Crippen LogP contribution is 2.23. The Morgan fingerprint density at radius 1 is 1.14 bits per heavy atom. The summed E-state index contributed by atoms with van der Waals surface area (Å²) in [5.74, 6) is -2.89. The molecule has 0 heterocycles. The molecule has 0 spiro atoms. The molecular weight excluding hydrogens is 282 g/mol. The molecule has 0 unspecified atom stereocenters. The molecule has 0 amide bonds. The minimum atomic E-state index is -1.43. The molecule has 4 nitrogen and oxygen atoms in total. The maximum atomic E-state index is 13.5. The van der Waals surface area contributed by atoms with Gasteiger partial charge in [0.25, 0.3) is 0 Å². The van der Waals surface area contributed by atoms with E-state index in [0.717, 1.165) is 6.07 Å². The Labute approximate surface area is 119 Å². The molecule has 110 valence electrons. The smallest absolute Gasteiger partial charge is 0.342 e. The van der Waals surface area contributed by atoms with Crippen LogP contribution >= 0.6 is 0 Å². The van der Waals surface area contributed by atoms with Crippen LogP contribution in [0.15, 0.2) is 36.4 Å². The van der Waals surface area contributed by atoms with E-state index in [-0.39, 0.29) is 18.1 Å². The summed E-state index contributed by atoms with van der Waals surface area (Å²) in [7, 11) is 1.35. The molecule has 0 fully saturated rings. The molecule has 6 heteroatoms. The Hall–Kier alpha value is -2.63. The van der Waals surface area contributed by atoms with E-state index in [4.69, 9.17) is 14.6 Å². The zero-order valence-corrected chi connectivity index (χ0v) is 11.1. The number of benzene rings is 2. The number of carboxylic acids is 1. The molecule has 2 rings (SSSR count). The van der Waals surface area contributed by atoms with E-state index in [9.17, 15) is 13.6 Å². The highest BCUT2D eigenvalue weighted by molar-refractivity contribution is 5.91. The van der Waals surface area contributed by atoms with Crippen LogP contribution in [0.5, 0.6) is 11.5 Å². The highest BCUT2D eigenvalue weighted by Gasteiger charge is 2.17. The fourth-order valence-electron chi connectivity index (χ4n) is 1.79. The Balaban J connectivity index is 2.19. The lowest BCUT2D eigenvalue weighted by Gasteiger charge is -2.10. The van der Waals surface area contributed by atoms with E-state index < -0.39 is 23.2 Å². The number of hydrogen-bond acceptors (Lipinski definition) is 3. The third-order valence-electron chi connectivity index (χ3n) is 2.80. The third-order valence-corrected chi connectivity index (χ3v) is 2.80. The van der Waals surface area contributed by atoms with Crippen molar-refractivity contribution in [3.63, 3.8) is 0 Å². The van der Waals surface area contributed by atoms with Crippen LogP contribution in [0.4, 0.5) is 8.78 Å². The molecule has 0 aliphatic rings. The second-order valence-corrected chi connectivity index (χ2v) is 4.18. The van der Waals surface area contributed by atoms with Crippen LogP contribution in [0.25, 0.3) is 0 Å². The van der Waals surface area contributed by atoms with Crippen LogP contribution < -0.4 is 9.47 Å². The van der Waals surface area contributed by atoms with E-state index in [1.54, 1.807) is 6.07 Å². The first-order valence-corrected chi connectivity index (χ1v) is 6.00. The quantitative estimate of drug-likeness (QED) is 0.919. The van der Waals surface area contributed by atoms with Crippen molar-refractivity contribution >= 4 is 5.97 Å². The number of carbonyl (C=O) groups is 1. The number of rotatable bonds is 5. The van der Waals surface area contributed by atoms with Crippen molar-refractivity contribution in [2.75, 3.05) is 7.11 Å². The van der Waals surface area contributed by atoms with Gasteiger partial charge < -0.3 is 14.6 Å². The van der Waals surface area contributed by atoms with Gasteiger partial charge >= 0.3 is 5.97 Å². The number of carboxylic acid groups (broad SMARTS) is 1. The van der Waals surface area contributed by atoms with Crippen LogP contribution in [0.1, 0.15) is 15.9 Å². The number of halogens is 2. The summed E-state index contributed by atoms with van der Waals surface area (Å²) in [4.78, 5) is 11.0. The number of hydrogen-bond donors (Lipinski definition) is 1. The first kappa shape index (κ1) is 14.8. The molecule has 21 heavy (non-hydrogen) atoms. The molecule has 1 N–H and O–H groups in total. The van der Waals surface area contributed by atoms with E-state index >= 15 is 0 Å². The molecule has 0 aliphatic heterocycles. The van der Waals surface area contributed by atoms with Crippen molar-refractivity contribution in [1.82, 2.24) is 0 Å². The molecule has 0 saturated carbocycles. The predicted octanol–water partition coefficient (Wildman–Crippen LogP) is 3.25. The minimum Gasteiger partial charge on any atom is -0.494 e. The molecule has 0 saturated heterocycles. The average Bonchev–Trinajstić information content (AvgIpc) is 2.44. The molecule has 0 bridgehead atoms. The molecule has 0 aromatic heterocycles. The van der Waals surface area contributed by atoms with Gasteiger partial charge in [-0.3, -0.25) is 0 Å². The van der Waals surface area contributed by atoms with Gasteiger partial charge in [-0.2, -0.15) is 0 Å². The molecular formula is C15H12F2O4. The lowest BCUT2D eigenvalue weighted by atomic mass is 10.2. The van der Waals surface area contributed by atoms with Gasteiger partial charge in [-0.05, 0) is 29.8 Å². The first-order valence-electron chi connectivity index (χ1n) is 6.00. The average molecular weight is 294 g/mol. The fourth-order valence-corrected chi connectivity index (χ4v) is 1.79. The van der Waals surface area contributed by atoms with E-state index in [1.807, 2.05) is 0 Å². The van der Waals surface area contributed by atoms with Gasteiger partial charge in [0.15, 0.2) is 11.6 Å². The molecule has 0 atom stereocenters. The summed E-state index contributed by atoms with van der Waals surface area (Å²) >= 11 is 0. The minimum absolute atomic E-state index is 0.0926.